The topological polar surface area (TPSA) is 58.3 Å². The molecule has 136 valence electrons. The Morgan fingerprint density at radius 1 is 1.28 bits per heavy atom. The lowest BCUT2D eigenvalue weighted by atomic mass is 9.94. The molecule has 0 saturated carbocycles. The van der Waals surface area contributed by atoms with Crippen molar-refractivity contribution in [1.29, 1.82) is 0 Å². The van der Waals surface area contributed by atoms with Crippen molar-refractivity contribution >= 4 is 29.9 Å². The van der Waals surface area contributed by atoms with E-state index in [1.807, 2.05) is 25.6 Å². The molecule has 2 aromatic rings. The first-order chi connectivity index (χ1) is 11.6. The van der Waals surface area contributed by atoms with Crippen molar-refractivity contribution in [2.24, 2.45) is 12.0 Å². The second-order valence-electron chi connectivity index (χ2n) is 6.41. The summed E-state index contributed by atoms with van der Waals surface area (Å²) in [6, 6.07) is 8.69. The minimum atomic E-state index is 0. The number of nitrogens with zero attached hydrogens (tertiary/aromatic N) is 5. The number of hydrogen-bond acceptors (Lipinski definition) is 3. The molecule has 1 unspecified atom stereocenters. The molecule has 1 fully saturated rings. The van der Waals surface area contributed by atoms with E-state index in [0.717, 1.165) is 37.1 Å². The zero-order chi connectivity index (χ0) is 17.1. The summed E-state index contributed by atoms with van der Waals surface area (Å²) in [6.07, 6.45) is 1.16. The Bertz CT molecular complexity index is 739. The molecule has 7 heteroatoms. The van der Waals surface area contributed by atoms with E-state index in [1.165, 1.54) is 11.1 Å². The lowest BCUT2D eigenvalue weighted by Gasteiger charge is -2.22. The van der Waals surface area contributed by atoms with Gasteiger partial charge in [0.1, 0.15) is 5.82 Å². The fourth-order valence-electron chi connectivity index (χ4n) is 3.35. The van der Waals surface area contributed by atoms with E-state index in [1.54, 1.807) is 0 Å². The molecule has 1 saturated heterocycles. The van der Waals surface area contributed by atoms with Gasteiger partial charge in [0.05, 0.1) is 6.54 Å². The van der Waals surface area contributed by atoms with Crippen LogP contribution in [0.5, 0.6) is 0 Å². The molecular formula is C18H27IN6. The van der Waals surface area contributed by atoms with Gasteiger partial charge in [0.2, 0.25) is 0 Å². The number of likely N-dealkylation sites (tertiary alicyclic amines) is 1. The van der Waals surface area contributed by atoms with Gasteiger partial charge in [0.15, 0.2) is 11.8 Å². The third kappa shape index (κ3) is 4.31. The second-order valence-corrected chi connectivity index (χ2v) is 6.41. The van der Waals surface area contributed by atoms with E-state index in [0.29, 0.717) is 12.5 Å². The summed E-state index contributed by atoms with van der Waals surface area (Å²) >= 11 is 0. The maximum atomic E-state index is 4.45. The predicted molar refractivity (Wildman–Crippen MR) is 111 cm³/mol. The lowest BCUT2D eigenvalue weighted by molar-refractivity contribution is 0.483. The van der Waals surface area contributed by atoms with Crippen LogP contribution in [0.2, 0.25) is 0 Å². The number of hydrogen-bond donors (Lipinski definition) is 1. The molecule has 1 aromatic carbocycles. The second kappa shape index (κ2) is 8.64. The molecule has 0 amide bonds. The zero-order valence-corrected chi connectivity index (χ0v) is 17.7. The summed E-state index contributed by atoms with van der Waals surface area (Å²) in [5, 5.41) is 11.7. The van der Waals surface area contributed by atoms with Crippen LogP contribution in [0, 0.1) is 13.8 Å². The van der Waals surface area contributed by atoms with Gasteiger partial charge in [-0.1, -0.05) is 24.3 Å². The molecule has 0 spiro atoms. The van der Waals surface area contributed by atoms with Gasteiger partial charge in [0, 0.05) is 33.1 Å². The van der Waals surface area contributed by atoms with Gasteiger partial charge in [-0.15, -0.1) is 34.2 Å². The van der Waals surface area contributed by atoms with E-state index in [-0.39, 0.29) is 24.0 Å². The zero-order valence-electron chi connectivity index (χ0n) is 15.4. The summed E-state index contributed by atoms with van der Waals surface area (Å²) in [7, 11) is 3.82. The summed E-state index contributed by atoms with van der Waals surface area (Å²) in [5.41, 5.74) is 2.83. The van der Waals surface area contributed by atoms with Gasteiger partial charge in [-0.25, -0.2) is 0 Å². The molecule has 1 aromatic heterocycles. The minimum Gasteiger partial charge on any atom is -0.349 e. The normalized spacial score (nSPS) is 17.5. The smallest absolute Gasteiger partial charge is 0.194 e. The van der Waals surface area contributed by atoms with E-state index in [2.05, 4.69) is 56.6 Å². The van der Waals surface area contributed by atoms with Crippen molar-refractivity contribution in [1.82, 2.24) is 25.0 Å². The molecule has 6 nitrogen and oxygen atoms in total. The SMILES string of the molecule is CN=C(NCc1nnc(C)n1C)N1CCC(c2ccccc2C)C1.I. The Labute approximate surface area is 166 Å². The molecule has 1 N–H and O–H groups in total. The fourth-order valence-corrected chi connectivity index (χ4v) is 3.35. The van der Waals surface area contributed by atoms with Gasteiger partial charge >= 0.3 is 0 Å². The first-order valence-corrected chi connectivity index (χ1v) is 8.46. The first-order valence-electron chi connectivity index (χ1n) is 8.46. The predicted octanol–water partition coefficient (Wildman–Crippen LogP) is 2.61. The lowest BCUT2D eigenvalue weighted by Crippen LogP contribution is -2.40. The van der Waals surface area contributed by atoms with Gasteiger partial charge in [-0.05, 0) is 31.4 Å². The minimum absolute atomic E-state index is 0. The number of aryl methyl sites for hydroxylation is 2. The Balaban J connectivity index is 0.00000225. The van der Waals surface area contributed by atoms with Crippen LogP contribution in [0.3, 0.4) is 0 Å². The molecule has 3 rings (SSSR count). The van der Waals surface area contributed by atoms with Crippen molar-refractivity contribution in [2.75, 3.05) is 20.1 Å². The molecule has 2 heterocycles. The van der Waals surface area contributed by atoms with Crippen LogP contribution in [0.25, 0.3) is 0 Å². The molecule has 0 bridgehead atoms. The van der Waals surface area contributed by atoms with Crippen LogP contribution < -0.4 is 5.32 Å². The summed E-state index contributed by atoms with van der Waals surface area (Å²) in [4.78, 5) is 6.78. The number of aliphatic imine (C=N–C) groups is 1. The quantitative estimate of drug-likeness (QED) is 0.440. The van der Waals surface area contributed by atoms with E-state index in [4.69, 9.17) is 0 Å². The van der Waals surface area contributed by atoms with Crippen LogP contribution >= 0.6 is 24.0 Å². The molecule has 1 atom stereocenters. The van der Waals surface area contributed by atoms with Gasteiger partial charge < -0.3 is 14.8 Å². The highest BCUT2D eigenvalue weighted by molar-refractivity contribution is 14.0. The van der Waals surface area contributed by atoms with Crippen LogP contribution in [0.4, 0.5) is 0 Å². The highest BCUT2D eigenvalue weighted by Gasteiger charge is 2.26. The van der Waals surface area contributed by atoms with Crippen molar-refractivity contribution < 1.29 is 0 Å². The molecule has 25 heavy (non-hydrogen) atoms. The third-order valence-corrected chi connectivity index (χ3v) is 4.92. The van der Waals surface area contributed by atoms with Gasteiger partial charge in [-0.2, -0.15) is 0 Å². The number of halogens is 1. The van der Waals surface area contributed by atoms with Gasteiger partial charge in [-0.3, -0.25) is 4.99 Å². The average Bonchev–Trinajstić information content (AvgIpc) is 3.18. The molecule has 0 aliphatic carbocycles. The van der Waals surface area contributed by atoms with E-state index >= 15 is 0 Å². The highest BCUT2D eigenvalue weighted by atomic mass is 127. The van der Waals surface area contributed by atoms with Crippen molar-refractivity contribution in [3.8, 4) is 0 Å². The summed E-state index contributed by atoms with van der Waals surface area (Å²) in [6.45, 7) is 6.81. The van der Waals surface area contributed by atoms with Gasteiger partial charge in [0.25, 0.3) is 0 Å². The Morgan fingerprint density at radius 2 is 2.04 bits per heavy atom. The van der Waals surface area contributed by atoms with Crippen LogP contribution in [0.1, 0.15) is 35.1 Å². The fraction of sp³-hybridized carbons (Fsp3) is 0.500. The Kier molecular flexibility index (Phi) is 6.80. The Morgan fingerprint density at radius 3 is 2.68 bits per heavy atom. The third-order valence-electron chi connectivity index (χ3n) is 4.92. The number of rotatable bonds is 3. The number of aromatic nitrogens is 3. The van der Waals surface area contributed by atoms with Crippen molar-refractivity contribution in [3.05, 3.63) is 47.0 Å². The monoisotopic (exact) mass is 454 g/mol. The summed E-state index contributed by atoms with van der Waals surface area (Å²) < 4.78 is 2.00. The maximum absolute atomic E-state index is 4.45. The molecular weight excluding hydrogens is 427 g/mol. The van der Waals surface area contributed by atoms with E-state index < -0.39 is 0 Å². The average molecular weight is 454 g/mol. The highest BCUT2D eigenvalue weighted by Crippen LogP contribution is 2.29. The molecule has 1 aliphatic heterocycles. The maximum Gasteiger partial charge on any atom is 0.194 e. The number of guanidine groups is 1. The number of benzene rings is 1. The molecule has 1 aliphatic rings. The van der Waals surface area contributed by atoms with Crippen molar-refractivity contribution in [2.45, 2.75) is 32.7 Å². The van der Waals surface area contributed by atoms with Crippen LogP contribution in [0.15, 0.2) is 29.3 Å². The van der Waals surface area contributed by atoms with Crippen molar-refractivity contribution in [3.63, 3.8) is 0 Å². The Hall–Kier alpha value is -1.64. The summed E-state index contributed by atoms with van der Waals surface area (Å²) in [5.74, 6) is 3.35. The van der Waals surface area contributed by atoms with E-state index in [9.17, 15) is 0 Å². The van der Waals surface area contributed by atoms with Crippen LogP contribution in [-0.4, -0.2) is 45.8 Å². The molecule has 0 radical (unpaired) electrons. The standard InChI is InChI=1S/C18H26N6.HI/c1-13-7-5-6-8-16(13)15-9-10-24(12-15)18(19-3)20-11-17-22-21-14(2)23(17)4;/h5-8,15H,9-12H2,1-4H3,(H,19,20);1H. The van der Waals surface area contributed by atoms with Crippen LogP contribution in [-0.2, 0) is 13.6 Å². The largest absolute Gasteiger partial charge is 0.349 e. The number of nitrogens with one attached hydrogen (secondary N) is 1. The first kappa shape index (κ1) is 19.7.